The van der Waals surface area contributed by atoms with Crippen LogP contribution in [0.1, 0.15) is 17.3 Å². The van der Waals surface area contributed by atoms with Crippen molar-refractivity contribution >= 4 is 62.2 Å². The number of rotatable bonds is 5. The third-order valence-electron chi connectivity index (χ3n) is 3.37. The van der Waals surface area contributed by atoms with E-state index < -0.39 is 27.8 Å². The molecule has 2 aromatic rings. The third-order valence-corrected chi connectivity index (χ3v) is 5.25. The zero-order valence-electron chi connectivity index (χ0n) is 14.1. The van der Waals surface area contributed by atoms with Crippen LogP contribution in [-0.2, 0) is 19.4 Å². The van der Waals surface area contributed by atoms with Gasteiger partial charge in [-0.3, -0.25) is 4.79 Å². The molecule has 6 nitrogen and oxygen atoms in total. The van der Waals surface area contributed by atoms with Gasteiger partial charge < -0.3 is 10.1 Å². The van der Waals surface area contributed by atoms with Gasteiger partial charge in [-0.1, -0.05) is 34.8 Å². The van der Waals surface area contributed by atoms with E-state index >= 15 is 0 Å². The van der Waals surface area contributed by atoms with E-state index in [0.717, 1.165) is 12.3 Å². The van der Waals surface area contributed by atoms with Crippen LogP contribution in [0.2, 0.25) is 15.1 Å². The van der Waals surface area contributed by atoms with Crippen molar-refractivity contribution in [2.75, 3.05) is 11.6 Å². The highest BCUT2D eigenvalue weighted by Crippen LogP contribution is 2.24. The maximum atomic E-state index is 12.3. The molecule has 0 spiro atoms. The minimum absolute atomic E-state index is 0.00151. The number of carbonyl (C=O) groups is 2. The van der Waals surface area contributed by atoms with Crippen LogP contribution in [0.3, 0.4) is 0 Å². The first-order chi connectivity index (χ1) is 12.5. The molecule has 0 fully saturated rings. The van der Waals surface area contributed by atoms with E-state index in [0.29, 0.717) is 15.7 Å². The van der Waals surface area contributed by atoms with Crippen molar-refractivity contribution in [3.05, 3.63) is 57.0 Å². The van der Waals surface area contributed by atoms with E-state index in [-0.39, 0.29) is 15.5 Å². The predicted molar refractivity (Wildman–Crippen MR) is 105 cm³/mol. The van der Waals surface area contributed by atoms with Gasteiger partial charge in [0.05, 0.1) is 15.5 Å². The van der Waals surface area contributed by atoms with Crippen molar-refractivity contribution in [1.82, 2.24) is 0 Å². The smallest absolute Gasteiger partial charge is 0.340 e. The second kappa shape index (κ2) is 8.48. The van der Waals surface area contributed by atoms with Crippen molar-refractivity contribution in [3.8, 4) is 0 Å². The molecule has 0 radical (unpaired) electrons. The summed E-state index contributed by atoms with van der Waals surface area (Å²) in [4.78, 5) is 24.4. The summed E-state index contributed by atoms with van der Waals surface area (Å²) >= 11 is 17.7. The van der Waals surface area contributed by atoms with E-state index in [1.54, 1.807) is 0 Å². The van der Waals surface area contributed by atoms with Crippen molar-refractivity contribution < 1.29 is 22.7 Å². The van der Waals surface area contributed by atoms with Gasteiger partial charge in [0.15, 0.2) is 15.9 Å². The first-order valence-electron chi connectivity index (χ1n) is 7.45. The Labute approximate surface area is 171 Å². The molecule has 144 valence electrons. The fourth-order valence-corrected chi connectivity index (χ4v) is 3.41. The lowest BCUT2D eigenvalue weighted by Gasteiger charge is -2.15. The molecule has 0 heterocycles. The first kappa shape index (κ1) is 21.5. The van der Waals surface area contributed by atoms with E-state index in [1.807, 2.05) is 0 Å². The van der Waals surface area contributed by atoms with Gasteiger partial charge in [0, 0.05) is 22.0 Å². The number of hydrogen-bond donors (Lipinski definition) is 1. The summed E-state index contributed by atoms with van der Waals surface area (Å²) in [5.41, 5.74) is 0.169. The lowest BCUT2D eigenvalue weighted by molar-refractivity contribution is -0.123. The molecule has 10 heteroatoms. The Hall–Kier alpha value is -1.80. The van der Waals surface area contributed by atoms with Gasteiger partial charge in [0.1, 0.15) is 0 Å². The molecule has 0 aromatic heterocycles. The standard InChI is InChI=1S/C17H14Cl3NO5S/c1-9(16(22)21-12-6-10(18)5-11(19)7-12)26-17(23)14-8-13(27(2,24)25)3-4-15(14)20/h3-9H,1-2H3,(H,21,22). The third kappa shape index (κ3) is 5.84. The fraction of sp³-hybridized carbons (Fsp3) is 0.176. The zero-order chi connectivity index (χ0) is 20.4. The molecule has 1 atom stereocenters. The number of hydrogen-bond acceptors (Lipinski definition) is 5. The lowest BCUT2D eigenvalue weighted by atomic mass is 10.2. The molecule has 27 heavy (non-hydrogen) atoms. The molecule has 0 saturated carbocycles. The van der Waals surface area contributed by atoms with Gasteiger partial charge in [-0.2, -0.15) is 0 Å². The maximum Gasteiger partial charge on any atom is 0.340 e. The summed E-state index contributed by atoms with van der Waals surface area (Å²) in [6.07, 6.45) is -0.189. The maximum absolute atomic E-state index is 12.3. The Bertz CT molecular complexity index is 987. The zero-order valence-corrected chi connectivity index (χ0v) is 17.2. The van der Waals surface area contributed by atoms with Crippen LogP contribution in [0, 0.1) is 0 Å². The highest BCUT2D eigenvalue weighted by molar-refractivity contribution is 7.90. The molecular weight excluding hydrogens is 437 g/mol. The van der Waals surface area contributed by atoms with Crippen LogP contribution >= 0.6 is 34.8 Å². The van der Waals surface area contributed by atoms with Crippen LogP contribution in [-0.4, -0.2) is 32.7 Å². The number of nitrogens with one attached hydrogen (secondary N) is 1. The summed E-state index contributed by atoms with van der Waals surface area (Å²) in [6, 6.07) is 8.10. The number of sulfone groups is 1. The monoisotopic (exact) mass is 449 g/mol. The number of benzene rings is 2. The molecule has 2 aromatic carbocycles. The Morgan fingerprint density at radius 3 is 2.19 bits per heavy atom. The number of esters is 1. The van der Waals surface area contributed by atoms with E-state index in [2.05, 4.69) is 5.32 Å². The van der Waals surface area contributed by atoms with Crippen LogP contribution in [0.25, 0.3) is 0 Å². The Morgan fingerprint density at radius 2 is 1.63 bits per heavy atom. The Balaban J connectivity index is 2.14. The van der Waals surface area contributed by atoms with E-state index in [4.69, 9.17) is 39.5 Å². The number of halogens is 3. The average molecular weight is 451 g/mol. The van der Waals surface area contributed by atoms with Gasteiger partial charge in [-0.15, -0.1) is 0 Å². The van der Waals surface area contributed by atoms with E-state index in [1.165, 1.54) is 37.3 Å². The number of ether oxygens (including phenoxy) is 1. The van der Waals surface area contributed by atoms with Crippen molar-refractivity contribution in [1.29, 1.82) is 0 Å². The summed E-state index contributed by atoms with van der Waals surface area (Å²) in [5, 5.41) is 3.17. The highest BCUT2D eigenvalue weighted by Gasteiger charge is 2.22. The number of carbonyl (C=O) groups excluding carboxylic acids is 2. The van der Waals surface area contributed by atoms with Crippen molar-refractivity contribution in [2.45, 2.75) is 17.9 Å². The van der Waals surface area contributed by atoms with Gasteiger partial charge in [-0.25, -0.2) is 13.2 Å². The predicted octanol–water partition coefficient (Wildman–Crippen LogP) is 4.23. The molecule has 2 rings (SSSR count). The molecule has 0 saturated heterocycles. The molecule has 0 aliphatic heterocycles. The normalized spacial score (nSPS) is 12.3. The van der Waals surface area contributed by atoms with Gasteiger partial charge in [0.25, 0.3) is 5.91 Å². The highest BCUT2D eigenvalue weighted by atomic mass is 35.5. The molecule has 1 unspecified atom stereocenters. The van der Waals surface area contributed by atoms with Crippen LogP contribution in [0.15, 0.2) is 41.3 Å². The summed E-state index contributed by atoms with van der Waals surface area (Å²) in [7, 11) is -3.54. The lowest BCUT2D eigenvalue weighted by Crippen LogP contribution is -2.30. The van der Waals surface area contributed by atoms with Gasteiger partial charge in [-0.05, 0) is 43.3 Å². The molecule has 0 aliphatic carbocycles. The largest absolute Gasteiger partial charge is 0.449 e. The topological polar surface area (TPSA) is 89.5 Å². The SMILES string of the molecule is CC(OC(=O)c1cc(S(C)(=O)=O)ccc1Cl)C(=O)Nc1cc(Cl)cc(Cl)c1. The molecule has 0 bridgehead atoms. The minimum atomic E-state index is -3.54. The summed E-state index contributed by atoms with van der Waals surface area (Å²) in [5.74, 6) is -1.56. The van der Waals surface area contributed by atoms with Crippen LogP contribution in [0.5, 0.6) is 0 Å². The quantitative estimate of drug-likeness (QED) is 0.688. The second-order valence-corrected chi connectivity index (χ2v) is 8.90. The van der Waals surface area contributed by atoms with Gasteiger partial charge >= 0.3 is 5.97 Å². The number of amides is 1. The second-order valence-electron chi connectivity index (χ2n) is 5.61. The van der Waals surface area contributed by atoms with Crippen molar-refractivity contribution in [2.24, 2.45) is 0 Å². The van der Waals surface area contributed by atoms with E-state index in [9.17, 15) is 18.0 Å². The first-order valence-corrected chi connectivity index (χ1v) is 10.5. The Kier molecular flexibility index (Phi) is 6.75. The van der Waals surface area contributed by atoms with Crippen LogP contribution in [0.4, 0.5) is 5.69 Å². The van der Waals surface area contributed by atoms with Crippen molar-refractivity contribution in [3.63, 3.8) is 0 Å². The minimum Gasteiger partial charge on any atom is -0.449 e. The van der Waals surface area contributed by atoms with Gasteiger partial charge in [0.2, 0.25) is 0 Å². The van der Waals surface area contributed by atoms with Crippen LogP contribution < -0.4 is 5.32 Å². The molecule has 1 N–H and O–H groups in total. The molecule has 0 aliphatic rings. The number of anilines is 1. The molecule has 1 amide bonds. The average Bonchev–Trinajstić information content (AvgIpc) is 2.52. The summed E-state index contributed by atoms with van der Waals surface area (Å²) in [6.45, 7) is 1.35. The fourth-order valence-electron chi connectivity index (χ4n) is 2.04. The Morgan fingerprint density at radius 1 is 1.04 bits per heavy atom. The molecular formula is C17H14Cl3NO5S. The summed E-state index contributed by atoms with van der Waals surface area (Å²) < 4.78 is 28.3.